The van der Waals surface area contributed by atoms with Crippen LogP contribution in [0.5, 0.6) is 5.75 Å². The number of anilines is 1. The summed E-state index contributed by atoms with van der Waals surface area (Å²) in [6.45, 7) is 1.93. The number of hydrogen-bond donors (Lipinski definition) is 2. The summed E-state index contributed by atoms with van der Waals surface area (Å²) in [5.74, 6) is -0.279. The Bertz CT molecular complexity index is 557. The van der Waals surface area contributed by atoms with Crippen LogP contribution in [0.25, 0.3) is 0 Å². The lowest BCUT2D eigenvalue weighted by molar-refractivity contribution is -0.130. The lowest BCUT2D eigenvalue weighted by Gasteiger charge is -2.26. The molecule has 1 fully saturated rings. The Kier molecular flexibility index (Phi) is 4.58. The molecule has 2 rings (SSSR count). The van der Waals surface area contributed by atoms with E-state index in [-0.39, 0.29) is 17.2 Å². The number of benzene rings is 1. The van der Waals surface area contributed by atoms with E-state index in [4.69, 9.17) is 10.00 Å². The molecule has 2 N–H and O–H groups in total. The van der Waals surface area contributed by atoms with Gasteiger partial charge in [-0.3, -0.25) is 4.79 Å². The third-order valence-electron chi connectivity index (χ3n) is 2.93. The first-order valence-corrected chi connectivity index (χ1v) is 6.24. The zero-order chi connectivity index (χ0) is 14.4. The third-order valence-corrected chi connectivity index (χ3v) is 2.93. The van der Waals surface area contributed by atoms with E-state index >= 15 is 0 Å². The van der Waals surface area contributed by atoms with Gasteiger partial charge in [0.15, 0.2) is 0 Å². The van der Waals surface area contributed by atoms with Gasteiger partial charge in [-0.2, -0.15) is 5.26 Å². The van der Waals surface area contributed by atoms with Gasteiger partial charge in [0.05, 0.1) is 18.9 Å². The van der Waals surface area contributed by atoms with Crippen molar-refractivity contribution in [3.05, 3.63) is 36.0 Å². The molecule has 1 aromatic carbocycles. The molecule has 0 spiro atoms. The topological polar surface area (TPSA) is 85.6 Å². The molecular weight excluding hydrogens is 258 g/mol. The second-order valence-corrected chi connectivity index (χ2v) is 4.24. The maximum atomic E-state index is 12.1. The summed E-state index contributed by atoms with van der Waals surface area (Å²) in [5, 5.41) is 21.4. The number of carbonyl (C=O) groups excluding carboxylic acids is 1. The Morgan fingerprint density at radius 1 is 1.40 bits per heavy atom. The van der Waals surface area contributed by atoms with Crippen molar-refractivity contribution < 1.29 is 14.6 Å². The molecule has 104 valence electrons. The number of amides is 1. The van der Waals surface area contributed by atoms with Crippen LogP contribution in [0, 0.1) is 11.3 Å². The highest BCUT2D eigenvalue weighted by Crippen LogP contribution is 2.21. The molecule has 0 aromatic heterocycles. The van der Waals surface area contributed by atoms with E-state index in [1.165, 1.54) is 12.3 Å². The van der Waals surface area contributed by atoms with E-state index in [2.05, 4.69) is 5.32 Å². The quantitative estimate of drug-likeness (QED) is 0.489. The van der Waals surface area contributed by atoms with Crippen molar-refractivity contribution in [2.24, 2.45) is 0 Å². The number of nitrogens with zero attached hydrogens (tertiary/aromatic N) is 2. The maximum Gasteiger partial charge on any atom is 0.266 e. The van der Waals surface area contributed by atoms with Crippen molar-refractivity contribution in [3.63, 3.8) is 0 Å². The van der Waals surface area contributed by atoms with Gasteiger partial charge in [-0.1, -0.05) is 12.1 Å². The molecule has 1 aliphatic rings. The van der Waals surface area contributed by atoms with Crippen LogP contribution < -0.4 is 5.32 Å². The summed E-state index contributed by atoms with van der Waals surface area (Å²) in [6.07, 6.45) is 1.31. The normalized spacial score (nSPS) is 15.6. The van der Waals surface area contributed by atoms with Crippen LogP contribution in [0.1, 0.15) is 0 Å². The van der Waals surface area contributed by atoms with Crippen LogP contribution in [0.2, 0.25) is 0 Å². The molecule has 6 heteroatoms. The minimum absolute atomic E-state index is 0.00449. The lowest BCUT2D eigenvalue weighted by atomic mass is 10.2. The molecule has 20 heavy (non-hydrogen) atoms. The zero-order valence-electron chi connectivity index (χ0n) is 10.9. The zero-order valence-corrected chi connectivity index (χ0v) is 10.9. The van der Waals surface area contributed by atoms with E-state index < -0.39 is 0 Å². The van der Waals surface area contributed by atoms with E-state index in [0.29, 0.717) is 32.0 Å². The second kappa shape index (κ2) is 6.59. The number of phenolic OH excluding ortho intramolecular Hbond substituents is 1. The fraction of sp³-hybridized carbons (Fsp3) is 0.286. The molecule has 0 aliphatic carbocycles. The summed E-state index contributed by atoms with van der Waals surface area (Å²) in [5.41, 5.74) is 0.435. The number of phenols is 1. The van der Waals surface area contributed by atoms with Gasteiger partial charge in [-0.25, -0.2) is 0 Å². The largest absolute Gasteiger partial charge is 0.506 e. The van der Waals surface area contributed by atoms with E-state index in [9.17, 15) is 9.90 Å². The number of rotatable bonds is 3. The monoisotopic (exact) mass is 273 g/mol. The molecule has 6 nitrogen and oxygen atoms in total. The fourth-order valence-corrected chi connectivity index (χ4v) is 1.82. The number of ether oxygens (including phenoxy) is 1. The van der Waals surface area contributed by atoms with Crippen LogP contribution in [-0.2, 0) is 9.53 Å². The maximum absolute atomic E-state index is 12.1. The molecular formula is C14H15N3O3. The van der Waals surface area contributed by atoms with Crippen LogP contribution in [0.3, 0.4) is 0 Å². The Morgan fingerprint density at radius 2 is 2.10 bits per heavy atom. The van der Waals surface area contributed by atoms with Gasteiger partial charge in [0.1, 0.15) is 17.4 Å². The highest BCUT2D eigenvalue weighted by molar-refractivity contribution is 5.97. The molecule has 1 amide bonds. The number of nitrogens with one attached hydrogen (secondary N) is 1. The lowest BCUT2D eigenvalue weighted by Crippen LogP contribution is -2.41. The SMILES string of the molecule is N#C/C(=C/Nc1ccccc1O)C(=O)N1CCOCC1. The molecule has 0 radical (unpaired) electrons. The van der Waals surface area contributed by atoms with Crippen molar-refractivity contribution in [2.75, 3.05) is 31.6 Å². The molecule has 0 saturated carbocycles. The van der Waals surface area contributed by atoms with Gasteiger partial charge < -0.3 is 20.1 Å². The van der Waals surface area contributed by atoms with Crippen molar-refractivity contribution in [2.45, 2.75) is 0 Å². The second-order valence-electron chi connectivity index (χ2n) is 4.24. The summed E-state index contributed by atoms with van der Waals surface area (Å²) in [6, 6.07) is 8.48. The number of carbonyl (C=O) groups is 1. The van der Waals surface area contributed by atoms with E-state index in [1.807, 2.05) is 6.07 Å². The molecule has 1 heterocycles. The summed E-state index contributed by atoms with van der Waals surface area (Å²) >= 11 is 0. The summed E-state index contributed by atoms with van der Waals surface area (Å²) in [7, 11) is 0. The van der Waals surface area contributed by atoms with Crippen LogP contribution in [0.15, 0.2) is 36.0 Å². The van der Waals surface area contributed by atoms with Crippen molar-refractivity contribution in [3.8, 4) is 11.8 Å². The van der Waals surface area contributed by atoms with Gasteiger partial charge >= 0.3 is 0 Å². The van der Waals surface area contributed by atoms with Gasteiger partial charge in [-0.05, 0) is 12.1 Å². The van der Waals surface area contributed by atoms with Gasteiger partial charge in [0, 0.05) is 19.3 Å². The first-order chi connectivity index (χ1) is 9.72. The van der Waals surface area contributed by atoms with Gasteiger partial charge in [0.2, 0.25) is 0 Å². The van der Waals surface area contributed by atoms with Crippen molar-refractivity contribution >= 4 is 11.6 Å². The Labute approximate surface area is 116 Å². The highest BCUT2D eigenvalue weighted by Gasteiger charge is 2.20. The van der Waals surface area contributed by atoms with Crippen LogP contribution >= 0.6 is 0 Å². The van der Waals surface area contributed by atoms with Crippen molar-refractivity contribution in [1.82, 2.24) is 4.90 Å². The Morgan fingerprint density at radius 3 is 2.75 bits per heavy atom. The van der Waals surface area contributed by atoms with Gasteiger partial charge in [-0.15, -0.1) is 0 Å². The predicted molar refractivity (Wildman–Crippen MR) is 72.8 cm³/mol. The first-order valence-electron chi connectivity index (χ1n) is 6.24. The average Bonchev–Trinajstić information content (AvgIpc) is 2.50. The van der Waals surface area contributed by atoms with E-state index in [1.54, 1.807) is 23.1 Å². The number of nitriles is 1. The number of para-hydroxylation sites is 2. The summed E-state index contributed by atoms with van der Waals surface area (Å²) in [4.78, 5) is 13.7. The molecule has 1 saturated heterocycles. The average molecular weight is 273 g/mol. The minimum atomic E-state index is -0.335. The molecule has 1 aromatic rings. The number of morpholine rings is 1. The predicted octanol–water partition coefficient (Wildman–Crippen LogP) is 1.07. The molecule has 0 bridgehead atoms. The first kappa shape index (κ1) is 13.9. The van der Waals surface area contributed by atoms with Crippen LogP contribution in [0.4, 0.5) is 5.69 Å². The third kappa shape index (κ3) is 3.28. The highest BCUT2D eigenvalue weighted by atomic mass is 16.5. The number of aromatic hydroxyl groups is 1. The molecule has 0 unspecified atom stereocenters. The Balaban J connectivity index is 2.08. The molecule has 1 aliphatic heterocycles. The van der Waals surface area contributed by atoms with E-state index in [0.717, 1.165) is 0 Å². The fourth-order valence-electron chi connectivity index (χ4n) is 1.82. The summed E-state index contributed by atoms with van der Waals surface area (Å²) < 4.78 is 5.16. The molecule has 0 atom stereocenters. The standard InChI is InChI=1S/C14H15N3O3/c15-9-11(14(19)17-5-7-20-8-6-17)10-16-12-3-1-2-4-13(12)18/h1-4,10,16,18H,5-8H2/b11-10-. The van der Waals surface area contributed by atoms with Crippen LogP contribution in [-0.4, -0.2) is 42.2 Å². The van der Waals surface area contributed by atoms with Gasteiger partial charge in [0.25, 0.3) is 5.91 Å². The smallest absolute Gasteiger partial charge is 0.266 e. The Hall–Kier alpha value is -2.52. The van der Waals surface area contributed by atoms with Crippen molar-refractivity contribution in [1.29, 1.82) is 5.26 Å². The minimum Gasteiger partial charge on any atom is -0.506 e. The number of hydrogen-bond acceptors (Lipinski definition) is 5.